The minimum Gasteiger partial charge on any atom is -0.497 e. The van der Waals surface area contributed by atoms with Crippen molar-refractivity contribution in [3.8, 4) is 5.75 Å². The average Bonchev–Trinajstić information content (AvgIpc) is 3.11. The van der Waals surface area contributed by atoms with Gasteiger partial charge in [-0.2, -0.15) is 13.2 Å². The molecule has 1 aliphatic rings. The van der Waals surface area contributed by atoms with E-state index >= 15 is 0 Å². The minimum atomic E-state index is -4.40. The standard InChI is InChI=1S/C20H20F3NO2/c1-26-18-7-5-15(6-8-18)16-9-10-24(13-16)19(25)12-14-3-2-4-17(11-14)20(21,22)23/h2-8,11,16H,9-10,12-13H2,1H3. The summed E-state index contributed by atoms with van der Waals surface area (Å²) in [5, 5.41) is 0. The van der Waals surface area contributed by atoms with E-state index in [2.05, 4.69) is 0 Å². The zero-order valence-corrected chi connectivity index (χ0v) is 14.4. The van der Waals surface area contributed by atoms with Gasteiger partial charge in [0.25, 0.3) is 0 Å². The molecular formula is C20H20F3NO2. The van der Waals surface area contributed by atoms with Crippen molar-refractivity contribution >= 4 is 5.91 Å². The van der Waals surface area contributed by atoms with Crippen LogP contribution in [0.15, 0.2) is 48.5 Å². The second-order valence-corrected chi connectivity index (χ2v) is 6.47. The van der Waals surface area contributed by atoms with Gasteiger partial charge in [0.05, 0.1) is 19.1 Å². The van der Waals surface area contributed by atoms with Crippen molar-refractivity contribution in [2.24, 2.45) is 0 Å². The van der Waals surface area contributed by atoms with Crippen LogP contribution in [-0.2, 0) is 17.4 Å². The summed E-state index contributed by atoms with van der Waals surface area (Å²) in [7, 11) is 1.61. The Morgan fingerprint density at radius 1 is 1.19 bits per heavy atom. The van der Waals surface area contributed by atoms with E-state index in [9.17, 15) is 18.0 Å². The van der Waals surface area contributed by atoms with Crippen LogP contribution >= 0.6 is 0 Å². The highest BCUT2D eigenvalue weighted by molar-refractivity contribution is 5.79. The lowest BCUT2D eigenvalue weighted by atomic mass is 9.98. The molecule has 1 unspecified atom stereocenters. The first-order valence-electron chi connectivity index (χ1n) is 8.44. The van der Waals surface area contributed by atoms with Crippen LogP contribution in [-0.4, -0.2) is 31.0 Å². The molecule has 0 spiro atoms. The Hall–Kier alpha value is -2.50. The van der Waals surface area contributed by atoms with Crippen molar-refractivity contribution in [1.29, 1.82) is 0 Å². The van der Waals surface area contributed by atoms with Gasteiger partial charge in [0.15, 0.2) is 0 Å². The van der Waals surface area contributed by atoms with Gasteiger partial charge in [-0.05, 0) is 35.7 Å². The van der Waals surface area contributed by atoms with Crippen molar-refractivity contribution in [1.82, 2.24) is 4.90 Å². The predicted octanol–water partition coefficient (Wildman–Crippen LogP) is 4.27. The van der Waals surface area contributed by atoms with Gasteiger partial charge in [0.2, 0.25) is 5.91 Å². The third-order valence-electron chi connectivity index (χ3n) is 4.74. The normalized spacial score (nSPS) is 17.4. The van der Waals surface area contributed by atoms with E-state index in [1.165, 1.54) is 6.07 Å². The summed E-state index contributed by atoms with van der Waals surface area (Å²) in [4.78, 5) is 14.2. The summed E-state index contributed by atoms with van der Waals surface area (Å²) in [5.41, 5.74) is 0.804. The maximum atomic E-state index is 12.8. The molecule has 0 N–H and O–H groups in total. The lowest BCUT2D eigenvalue weighted by Gasteiger charge is -2.17. The molecule has 0 saturated carbocycles. The van der Waals surface area contributed by atoms with Crippen LogP contribution in [0, 0.1) is 0 Å². The number of likely N-dealkylation sites (tertiary alicyclic amines) is 1. The number of hydrogen-bond acceptors (Lipinski definition) is 2. The van der Waals surface area contributed by atoms with Gasteiger partial charge in [-0.1, -0.05) is 30.3 Å². The van der Waals surface area contributed by atoms with Crippen LogP contribution in [0.25, 0.3) is 0 Å². The summed E-state index contributed by atoms with van der Waals surface area (Å²) >= 11 is 0. The zero-order valence-electron chi connectivity index (χ0n) is 14.4. The molecule has 1 atom stereocenters. The van der Waals surface area contributed by atoms with E-state index in [1.54, 1.807) is 18.1 Å². The molecule has 138 valence electrons. The van der Waals surface area contributed by atoms with Crippen LogP contribution in [0.5, 0.6) is 5.75 Å². The zero-order chi connectivity index (χ0) is 18.7. The Labute approximate surface area is 150 Å². The third-order valence-corrected chi connectivity index (χ3v) is 4.74. The van der Waals surface area contributed by atoms with Gasteiger partial charge in [0, 0.05) is 19.0 Å². The lowest BCUT2D eigenvalue weighted by Crippen LogP contribution is -2.30. The fourth-order valence-corrected chi connectivity index (χ4v) is 3.28. The maximum Gasteiger partial charge on any atom is 0.416 e. The highest BCUT2D eigenvalue weighted by Gasteiger charge is 2.31. The molecule has 3 nitrogen and oxygen atoms in total. The van der Waals surface area contributed by atoms with Gasteiger partial charge in [0.1, 0.15) is 5.75 Å². The molecule has 1 heterocycles. The molecule has 1 fully saturated rings. The molecule has 6 heteroatoms. The Morgan fingerprint density at radius 2 is 1.92 bits per heavy atom. The molecule has 1 saturated heterocycles. The number of benzene rings is 2. The third kappa shape index (κ3) is 4.18. The quantitative estimate of drug-likeness (QED) is 0.812. The molecule has 26 heavy (non-hydrogen) atoms. The Morgan fingerprint density at radius 3 is 2.58 bits per heavy atom. The van der Waals surface area contributed by atoms with Gasteiger partial charge < -0.3 is 9.64 Å². The smallest absolute Gasteiger partial charge is 0.416 e. The van der Waals surface area contributed by atoms with E-state index in [0.717, 1.165) is 29.9 Å². The summed E-state index contributed by atoms with van der Waals surface area (Å²) in [6, 6.07) is 12.7. The Bertz CT molecular complexity index is 771. The SMILES string of the molecule is COc1ccc(C2CCN(C(=O)Cc3cccc(C(F)(F)F)c3)C2)cc1. The molecule has 1 aliphatic heterocycles. The Kier molecular flexibility index (Phi) is 5.20. The fourth-order valence-electron chi connectivity index (χ4n) is 3.28. The number of alkyl halides is 3. The van der Waals surface area contributed by atoms with Crippen molar-refractivity contribution in [2.75, 3.05) is 20.2 Å². The maximum absolute atomic E-state index is 12.8. The van der Waals surface area contributed by atoms with Gasteiger partial charge in [-0.15, -0.1) is 0 Å². The highest BCUT2D eigenvalue weighted by atomic mass is 19.4. The number of carbonyl (C=O) groups is 1. The van der Waals surface area contributed by atoms with Crippen LogP contribution in [0.3, 0.4) is 0 Å². The number of hydrogen-bond donors (Lipinski definition) is 0. The molecular weight excluding hydrogens is 343 g/mol. The summed E-state index contributed by atoms with van der Waals surface area (Å²) in [6.07, 6.45) is -3.56. The second-order valence-electron chi connectivity index (χ2n) is 6.47. The molecule has 3 rings (SSSR count). The van der Waals surface area contributed by atoms with E-state index in [0.29, 0.717) is 18.7 Å². The molecule has 0 aromatic heterocycles. The number of halogens is 3. The van der Waals surface area contributed by atoms with E-state index in [4.69, 9.17) is 4.74 Å². The average molecular weight is 363 g/mol. The largest absolute Gasteiger partial charge is 0.497 e. The Balaban J connectivity index is 1.62. The molecule has 0 radical (unpaired) electrons. The highest BCUT2D eigenvalue weighted by Crippen LogP contribution is 2.31. The van der Waals surface area contributed by atoms with Gasteiger partial charge >= 0.3 is 6.18 Å². The van der Waals surface area contributed by atoms with Gasteiger partial charge in [-0.3, -0.25) is 4.79 Å². The number of nitrogens with zero attached hydrogens (tertiary/aromatic N) is 1. The topological polar surface area (TPSA) is 29.5 Å². The predicted molar refractivity (Wildman–Crippen MR) is 92.1 cm³/mol. The van der Waals surface area contributed by atoms with Crippen molar-refractivity contribution in [2.45, 2.75) is 24.9 Å². The summed E-state index contributed by atoms with van der Waals surface area (Å²) in [6.45, 7) is 1.21. The van der Waals surface area contributed by atoms with Crippen LogP contribution in [0.1, 0.15) is 29.0 Å². The van der Waals surface area contributed by atoms with Crippen molar-refractivity contribution in [3.05, 3.63) is 65.2 Å². The number of carbonyl (C=O) groups excluding carboxylic acids is 1. The number of ether oxygens (including phenoxy) is 1. The monoisotopic (exact) mass is 363 g/mol. The number of amides is 1. The van der Waals surface area contributed by atoms with Crippen molar-refractivity contribution in [3.63, 3.8) is 0 Å². The summed E-state index contributed by atoms with van der Waals surface area (Å²) < 4.78 is 43.5. The first-order chi connectivity index (χ1) is 12.4. The van der Waals surface area contributed by atoms with E-state index in [-0.39, 0.29) is 18.2 Å². The van der Waals surface area contributed by atoms with Crippen LogP contribution < -0.4 is 4.74 Å². The molecule has 1 amide bonds. The first kappa shape index (κ1) is 18.3. The summed E-state index contributed by atoms with van der Waals surface area (Å²) in [5.74, 6) is 0.885. The van der Waals surface area contributed by atoms with Gasteiger partial charge in [-0.25, -0.2) is 0 Å². The van der Waals surface area contributed by atoms with E-state index in [1.807, 2.05) is 24.3 Å². The number of rotatable bonds is 4. The first-order valence-corrected chi connectivity index (χ1v) is 8.44. The van der Waals surface area contributed by atoms with Crippen LogP contribution in [0.4, 0.5) is 13.2 Å². The molecule has 0 bridgehead atoms. The number of methoxy groups -OCH3 is 1. The fraction of sp³-hybridized carbons (Fsp3) is 0.350. The second kappa shape index (κ2) is 7.40. The molecule has 0 aliphatic carbocycles. The molecule has 2 aromatic rings. The van der Waals surface area contributed by atoms with E-state index < -0.39 is 11.7 Å². The minimum absolute atomic E-state index is 0.0146. The van der Waals surface area contributed by atoms with Crippen molar-refractivity contribution < 1.29 is 22.7 Å². The molecule has 2 aromatic carbocycles. The van der Waals surface area contributed by atoms with Crippen LogP contribution in [0.2, 0.25) is 0 Å². The lowest BCUT2D eigenvalue weighted by molar-refractivity contribution is -0.137.